The van der Waals surface area contributed by atoms with Gasteiger partial charge in [0.15, 0.2) is 0 Å². The number of hydrogen-bond donors (Lipinski definition) is 0. The molecule has 0 unspecified atom stereocenters. The monoisotopic (exact) mass is 220 g/mol. The van der Waals surface area contributed by atoms with Gasteiger partial charge in [0.1, 0.15) is 5.76 Å². The van der Waals surface area contributed by atoms with Crippen molar-refractivity contribution in [2.75, 3.05) is 19.8 Å². The van der Waals surface area contributed by atoms with E-state index < -0.39 is 0 Å². The van der Waals surface area contributed by atoms with Crippen LogP contribution in [0.15, 0.2) is 35.6 Å². The van der Waals surface area contributed by atoms with E-state index in [2.05, 4.69) is 38.2 Å². The maximum Gasteiger partial charge on any atom is 0.121 e. The molecule has 0 amide bonds. The molecule has 0 spiro atoms. The lowest BCUT2D eigenvalue weighted by atomic mass is 9.84. The van der Waals surface area contributed by atoms with Gasteiger partial charge in [0.05, 0.1) is 25.2 Å². The topological polar surface area (TPSA) is 18.5 Å². The Hall–Kier alpha value is -1.02. The van der Waals surface area contributed by atoms with E-state index in [4.69, 9.17) is 9.47 Å². The summed E-state index contributed by atoms with van der Waals surface area (Å²) in [5, 5.41) is 0. The van der Waals surface area contributed by atoms with Crippen LogP contribution in [-0.2, 0) is 9.47 Å². The van der Waals surface area contributed by atoms with Crippen LogP contribution in [0, 0.1) is 5.41 Å². The van der Waals surface area contributed by atoms with Gasteiger partial charge in [-0.3, -0.25) is 0 Å². The van der Waals surface area contributed by atoms with E-state index in [0.29, 0.717) is 0 Å². The number of allylic oxidation sites excluding steroid dienone is 5. The van der Waals surface area contributed by atoms with Gasteiger partial charge < -0.3 is 9.47 Å². The molecular weight excluding hydrogens is 200 g/mol. The molecule has 0 bridgehead atoms. The molecule has 0 aromatic carbocycles. The first-order valence-corrected chi connectivity index (χ1v) is 6.00. The Balaban J connectivity index is 1.94. The van der Waals surface area contributed by atoms with E-state index in [-0.39, 0.29) is 5.41 Å². The van der Waals surface area contributed by atoms with Crippen molar-refractivity contribution in [2.24, 2.45) is 5.41 Å². The molecule has 0 aromatic rings. The van der Waals surface area contributed by atoms with Crippen molar-refractivity contribution < 1.29 is 9.47 Å². The number of rotatable bonds is 4. The highest BCUT2D eigenvalue weighted by Gasteiger charge is 2.37. The largest absolute Gasteiger partial charge is 0.493 e. The Morgan fingerprint density at radius 1 is 1.44 bits per heavy atom. The number of ether oxygens (including phenoxy) is 2. The second-order valence-electron chi connectivity index (χ2n) is 4.72. The van der Waals surface area contributed by atoms with Crippen LogP contribution in [0.1, 0.15) is 26.7 Å². The maximum absolute atomic E-state index is 5.93. The highest BCUT2D eigenvalue weighted by molar-refractivity contribution is 5.30. The summed E-state index contributed by atoms with van der Waals surface area (Å²) in [5.74, 6) is 1.01. The second kappa shape index (κ2) is 4.88. The van der Waals surface area contributed by atoms with Crippen LogP contribution in [0.25, 0.3) is 0 Å². The quantitative estimate of drug-likeness (QED) is 0.724. The Kier molecular flexibility index (Phi) is 3.49. The zero-order valence-corrected chi connectivity index (χ0v) is 10.2. The van der Waals surface area contributed by atoms with E-state index in [1.54, 1.807) is 0 Å². The molecule has 1 heterocycles. The fourth-order valence-corrected chi connectivity index (χ4v) is 1.88. The van der Waals surface area contributed by atoms with Crippen molar-refractivity contribution in [1.29, 1.82) is 0 Å². The molecule has 1 fully saturated rings. The minimum absolute atomic E-state index is 0.261. The molecule has 0 saturated carbocycles. The zero-order valence-electron chi connectivity index (χ0n) is 10.2. The predicted octanol–water partition coefficient (Wildman–Crippen LogP) is 3.22. The Morgan fingerprint density at radius 3 is 2.88 bits per heavy atom. The molecule has 0 N–H and O–H groups in total. The van der Waals surface area contributed by atoms with Crippen LogP contribution in [-0.4, -0.2) is 19.8 Å². The Labute approximate surface area is 97.6 Å². The number of hydrogen-bond acceptors (Lipinski definition) is 2. The van der Waals surface area contributed by atoms with Crippen molar-refractivity contribution in [3.05, 3.63) is 35.6 Å². The third-order valence-corrected chi connectivity index (χ3v) is 3.43. The molecule has 1 aliphatic carbocycles. The van der Waals surface area contributed by atoms with Crippen molar-refractivity contribution in [3.8, 4) is 0 Å². The fraction of sp³-hybridized carbons (Fsp3) is 0.571. The maximum atomic E-state index is 5.93. The normalized spacial score (nSPS) is 22.9. The molecular formula is C14H20O2. The van der Waals surface area contributed by atoms with Gasteiger partial charge >= 0.3 is 0 Å². The summed E-state index contributed by atoms with van der Waals surface area (Å²) in [6, 6.07) is 0. The highest BCUT2D eigenvalue weighted by atomic mass is 16.5. The van der Waals surface area contributed by atoms with Crippen LogP contribution in [0.4, 0.5) is 0 Å². The van der Waals surface area contributed by atoms with Gasteiger partial charge in [-0.15, -0.1) is 0 Å². The smallest absolute Gasteiger partial charge is 0.121 e. The van der Waals surface area contributed by atoms with Crippen molar-refractivity contribution >= 4 is 0 Å². The standard InChI is InChI=1S/C14H20O2/c1-3-14(9-15-10-14)11-16-13-8-6-4-5-7-12(13)2/h4,6-8H,3,5,9-11H2,1-2H3. The summed E-state index contributed by atoms with van der Waals surface area (Å²) < 4.78 is 11.2. The third-order valence-electron chi connectivity index (χ3n) is 3.43. The van der Waals surface area contributed by atoms with E-state index >= 15 is 0 Å². The van der Waals surface area contributed by atoms with Crippen molar-refractivity contribution in [2.45, 2.75) is 26.7 Å². The molecule has 2 heteroatoms. The summed E-state index contributed by atoms with van der Waals surface area (Å²) in [6.45, 7) is 6.77. The Bertz CT molecular complexity index is 327. The van der Waals surface area contributed by atoms with Crippen LogP contribution in [0.3, 0.4) is 0 Å². The second-order valence-corrected chi connectivity index (χ2v) is 4.72. The highest BCUT2D eigenvalue weighted by Crippen LogP contribution is 2.32. The zero-order chi connectivity index (χ0) is 11.4. The van der Waals surface area contributed by atoms with E-state index in [1.807, 2.05) is 0 Å². The van der Waals surface area contributed by atoms with Crippen LogP contribution < -0.4 is 0 Å². The molecule has 2 nitrogen and oxygen atoms in total. The predicted molar refractivity (Wildman–Crippen MR) is 65.1 cm³/mol. The van der Waals surface area contributed by atoms with Gasteiger partial charge in [-0.05, 0) is 31.4 Å². The van der Waals surface area contributed by atoms with E-state index in [9.17, 15) is 0 Å². The average Bonchev–Trinajstić information content (AvgIpc) is 2.43. The molecule has 0 radical (unpaired) electrons. The van der Waals surface area contributed by atoms with Gasteiger partial charge in [0.2, 0.25) is 0 Å². The summed E-state index contributed by atoms with van der Waals surface area (Å²) in [6.07, 6.45) is 10.6. The molecule has 2 rings (SSSR count). The van der Waals surface area contributed by atoms with E-state index in [0.717, 1.165) is 38.4 Å². The van der Waals surface area contributed by atoms with Gasteiger partial charge in [-0.2, -0.15) is 0 Å². The van der Waals surface area contributed by atoms with Crippen molar-refractivity contribution in [3.63, 3.8) is 0 Å². The summed E-state index contributed by atoms with van der Waals surface area (Å²) in [5.41, 5.74) is 1.49. The average molecular weight is 220 g/mol. The summed E-state index contributed by atoms with van der Waals surface area (Å²) in [7, 11) is 0. The summed E-state index contributed by atoms with van der Waals surface area (Å²) in [4.78, 5) is 0. The molecule has 16 heavy (non-hydrogen) atoms. The Morgan fingerprint density at radius 2 is 2.25 bits per heavy atom. The minimum Gasteiger partial charge on any atom is -0.493 e. The van der Waals surface area contributed by atoms with Crippen LogP contribution in [0.2, 0.25) is 0 Å². The van der Waals surface area contributed by atoms with Gasteiger partial charge in [-0.25, -0.2) is 0 Å². The molecule has 1 aliphatic heterocycles. The first-order chi connectivity index (χ1) is 7.76. The van der Waals surface area contributed by atoms with E-state index in [1.165, 1.54) is 5.57 Å². The molecule has 2 aliphatic rings. The first kappa shape index (κ1) is 11.5. The fourth-order valence-electron chi connectivity index (χ4n) is 1.88. The van der Waals surface area contributed by atoms with Gasteiger partial charge in [-0.1, -0.05) is 25.2 Å². The van der Waals surface area contributed by atoms with Gasteiger partial charge in [0, 0.05) is 0 Å². The minimum atomic E-state index is 0.261. The van der Waals surface area contributed by atoms with Crippen molar-refractivity contribution in [1.82, 2.24) is 0 Å². The van der Waals surface area contributed by atoms with Gasteiger partial charge in [0.25, 0.3) is 0 Å². The van der Waals surface area contributed by atoms with Crippen LogP contribution >= 0.6 is 0 Å². The lowest BCUT2D eigenvalue weighted by Crippen LogP contribution is -2.45. The lowest BCUT2D eigenvalue weighted by molar-refractivity contribution is -0.141. The SMILES string of the molecule is CCC1(COC2=CC=CCC=C2C)COC1. The summed E-state index contributed by atoms with van der Waals surface area (Å²) >= 11 is 0. The van der Waals surface area contributed by atoms with Crippen LogP contribution in [0.5, 0.6) is 0 Å². The molecule has 1 saturated heterocycles. The first-order valence-electron chi connectivity index (χ1n) is 6.00. The third kappa shape index (κ3) is 2.38. The molecule has 0 atom stereocenters. The lowest BCUT2D eigenvalue weighted by Gasteiger charge is -2.40. The molecule has 0 aromatic heterocycles. The molecule has 88 valence electrons.